The van der Waals surface area contributed by atoms with Crippen LogP contribution in [0.2, 0.25) is 5.02 Å². The molecule has 1 saturated carbocycles. The molecule has 0 aromatic heterocycles. The van der Waals surface area contributed by atoms with Crippen molar-refractivity contribution in [3.05, 3.63) is 58.6 Å². The minimum Gasteiger partial charge on any atom is -0.490 e. The molecule has 0 radical (unpaired) electrons. The summed E-state index contributed by atoms with van der Waals surface area (Å²) >= 11 is 6.04. The highest BCUT2D eigenvalue weighted by atomic mass is 35.5. The van der Waals surface area contributed by atoms with E-state index in [0.717, 1.165) is 37.7 Å². The SMILES string of the molecule is CC[C@@H](C)Oc1ccc(NC(=O)C2(c3ccc(Cl)cc3)CCCC2)cc1C(=O)OC. The standard InChI is InChI=1S/C24H28ClNO4/c1-4-16(2)30-21-12-11-19(15-20(21)22(27)29-3)26-23(28)24(13-5-6-14-24)17-7-9-18(25)10-8-17/h7-12,15-16H,4-6,13-14H2,1-3H3,(H,26,28)/t16-/m1/s1. The van der Waals surface area contributed by atoms with E-state index in [2.05, 4.69) is 5.32 Å². The smallest absolute Gasteiger partial charge is 0.341 e. The summed E-state index contributed by atoms with van der Waals surface area (Å²) in [6, 6.07) is 12.6. The molecule has 1 atom stereocenters. The van der Waals surface area contributed by atoms with Crippen LogP contribution in [0.3, 0.4) is 0 Å². The van der Waals surface area contributed by atoms with Crippen molar-refractivity contribution < 1.29 is 19.1 Å². The summed E-state index contributed by atoms with van der Waals surface area (Å²) in [5.41, 5.74) is 1.20. The van der Waals surface area contributed by atoms with Gasteiger partial charge in [0.2, 0.25) is 5.91 Å². The lowest BCUT2D eigenvalue weighted by Gasteiger charge is -2.28. The Morgan fingerprint density at radius 3 is 2.40 bits per heavy atom. The van der Waals surface area contributed by atoms with Crippen LogP contribution in [-0.4, -0.2) is 25.1 Å². The Balaban J connectivity index is 1.89. The number of esters is 1. The Bertz CT molecular complexity index is 904. The lowest BCUT2D eigenvalue weighted by Crippen LogP contribution is -2.38. The molecule has 0 heterocycles. The molecule has 1 aliphatic carbocycles. The van der Waals surface area contributed by atoms with Crippen molar-refractivity contribution >= 4 is 29.2 Å². The first-order chi connectivity index (χ1) is 14.4. The number of carbonyl (C=O) groups is 2. The molecule has 0 unspecified atom stereocenters. The predicted molar refractivity (Wildman–Crippen MR) is 118 cm³/mol. The second-order valence-electron chi connectivity index (χ2n) is 7.79. The normalized spacial score (nSPS) is 16.0. The van der Waals surface area contributed by atoms with Gasteiger partial charge in [0.15, 0.2) is 0 Å². The largest absolute Gasteiger partial charge is 0.490 e. The van der Waals surface area contributed by atoms with Gasteiger partial charge in [0.25, 0.3) is 0 Å². The minimum absolute atomic E-state index is 0.0412. The van der Waals surface area contributed by atoms with Crippen molar-refractivity contribution in [1.29, 1.82) is 0 Å². The van der Waals surface area contributed by atoms with Gasteiger partial charge in [-0.25, -0.2) is 4.79 Å². The van der Waals surface area contributed by atoms with E-state index in [0.29, 0.717) is 22.0 Å². The Labute approximate surface area is 182 Å². The van der Waals surface area contributed by atoms with Gasteiger partial charge < -0.3 is 14.8 Å². The average molecular weight is 430 g/mol. The molecule has 5 nitrogen and oxygen atoms in total. The van der Waals surface area contributed by atoms with Gasteiger partial charge in [-0.3, -0.25) is 4.79 Å². The van der Waals surface area contributed by atoms with Crippen molar-refractivity contribution in [1.82, 2.24) is 0 Å². The van der Waals surface area contributed by atoms with Crippen LogP contribution in [0.15, 0.2) is 42.5 Å². The molecule has 1 N–H and O–H groups in total. The topological polar surface area (TPSA) is 64.6 Å². The number of ether oxygens (including phenoxy) is 2. The fourth-order valence-corrected chi connectivity index (χ4v) is 4.05. The Morgan fingerprint density at radius 1 is 1.13 bits per heavy atom. The third kappa shape index (κ3) is 4.62. The second kappa shape index (κ2) is 9.52. The van der Waals surface area contributed by atoms with Crippen LogP contribution < -0.4 is 10.1 Å². The third-order valence-electron chi connectivity index (χ3n) is 5.83. The number of hydrogen-bond acceptors (Lipinski definition) is 4. The Hall–Kier alpha value is -2.53. The Morgan fingerprint density at radius 2 is 1.80 bits per heavy atom. The molecule has 0 bridgehead atoms. The van der Waals surface area contributed by atoms with E-state index in [4.69, 9.17) is 21.1 Å². The van der Waals surface area contributed by atoms with E-state index in [1.807, 2.05) is 38.1 Å². The van der Waals surface area contributed by atoms with Gasteiger partial charge in [-0.05, 0) is 62.1 Å². The second-order valence-corrected chi connectivity index (χ2v) is 8.23. The number of hydrogen-bond donors (Lipinski definition) is 1. The van der Waals surface area contributed by atoms with Crippen molar-refractivity contribution in [2.24, 2.45) is 0 Å². The van der Waals surface area contributed by atoms with Crippen LogP contribution in [0, 0.1) is 0 Å². The molecule has 1 aliphatic rings. The number of rotatable bonds is 7. The van der Waals surface area contributed by atoms with E-state index >= 15 is 0 Å². The molecular formula is C24H28ClNO4. The van der Waals surface area contributed by atoms with Gasteiger partial charge in [-0.1, -0.05) is 43.5 Å². The van der Waals surface area contributed by atoms with Crippen LogP contribution >= 0.6 is 11.6 Å². The lowest BCUT2D eigenvalue weighted by atomic mass is 9.78. The van der Waals surface area contributed by atoms with Crippen molar-refractivity contribution in [3.63, 3.8) is 0 Å². The molecule has 160 valence electrons. The van der Waals surface area contributed by atoms with Crippen molar-refractivity contribution in [3.8, 4) is 5.75 Å². The predicted octanol–water partition coefficient (Wildman–Crippen LogP) is 5.75. The number of methoxy groups -OCH3 is 1. The zero-order chi connectivity index (χ0) is 21.7. The highest BCUT2D eigenvalue weighted by molar-refractivity contribution is 6.30. The fraction of sp³-hybridized carbons (Fsp3) is 0.417. The molecule has 30 heavy (non-hydrogen) atoms. The maximum atomic E-state index is 13.4. The number of anilines is 1. The van der Waals surface area contributed by atoms with Crippen LogP contribution in [0.5, 0.6) is 5.75 Å². The third-order valence-corrected chi connectivity index (χ3v) is 6.09. The molecule has 0 aliphatic heterocycles. The first kappa shape index (κ1) is 22.2. The molecule has 3 rings (SSSR count). The van der Waals surface area contributed by atoms with Gasteiger partial charge in [-0.15, -0.1) is 0 Å². The molecule has 6 heteroatoms. The number of halogens is 1. The van der Waals surface area contributed by atoms with Crippen molar-refractivity contribution in [2.45, 2.75) is 57.5 Å². The Kier molecular flexibility index (Phi) is 7.03. The molecule has 1 fully saturated rings. The number of nitrogens with one attached hydrogen (secondary N) is 1. The van der Waals surface area contributed by atoms with Crippen LogP contribution in [0.4, 0.5) is 5.69 Å². The zero-order valence-electron chi connectivity index (χ0n) is 17.7. The molecule has 2 aromatic rings. The van der Waals surface area contributed by atoms with Gasteiger partial charge in [0, 0.05) is 10.7 Å². The summed E-state index contributed by atoms with van der Waals surface area (Å²) in [5.74, 6) is -0.131. The first-order valence-corrected chi connectivity index (χ1v) is 10.7. The van der Waals surface area contributed by atoms with E-state index < -0.39 is 11.4 Å². The maximum Gasteiger partial charge on any atom is 0.341 e. The van der Waals surface area contributed by atoms with E-state index in [1.54, 1.807) is 18.2 Å². The van der Waals surface area contributed by atoms with Crippen LogP contribution in [0.25, 0.3) is 0 Å². The van der Waals surface area contributed by atoms with Crippen LogP contribution in [0.1, 0.15) is 61.9 Å². The number of amides is 1. The monoisotopic (exact) mass is 429 g/mol. The molecule has 0 saturated heterocycles. The van der Waals surface area contributed by atoms with E-state index in [1.165, 1.54) is 7.11 Å². The average Bonchev–Trinajstić information content (AvgIpc) is 3.25. The summed E-state index contributed by atoms with van der Waals surface area (Å²) in [6.45, 7) is 3.95. The van der Waals surface area contributed by atoms with Crippen LogP contribution in [-0.2, 0) is 14.9 Å². The molecule has 0 spiro atoms. The maximum absolute atomic E-state index is 13.4. The highest BCUT2D eigenvalue weighted by Crippen LogP contribution is 2.42. The number of carbonyl (C=O) groups excluding carboxylic acids is 2. The van der Waals surface area contributed by atoms with Gasteiger partial charge >= 0.3 is 5.97 Å². The van der Waals surface area contributed by atoms with Gasteiger partial charge in [0.05, 0.1) is 18.6 Å². The summed E-state index contributed by atoms with van der Waals surface area (Å²) in [6.07, 6.45) is 4.30. The first-order valence-electron chi connectivity index (χ1n) is 10.4. The molecular weight excluding hydrogens is 402 g/mol. The summed E-state index contributed by atoms with van der Waals surface area (Å²) in [7, 11) is 1.33. The number of benzene rings is 2. The minimum atomic E-state index is -0.595. The van der Waals surface area contributed by atoms with E-state index in [-0.39, 0.29) is 12.0 Å². The van der Waals surface area contributed by atoms with Gasteiger partial charge in [-0.2, -0.15) is 0 Å². The lowest BCUT2D eigenvalue weighted by molar-refractivity contribution is -0.121. The molecule has 2 aromatic carbocycles. The quantitative estimate of drug-likeness (QED) is 0.568. The van der Waals surface area contributed by atoms with Crippen molar-refractivity contribution in [2.75, 3.05) is 12.4 Å². The summed E-state index contributed by atoms with van der Waals surface area (Å²) in [5, 5.41) is 3.66. The summed E-state index contributed by atoms with van der Waals surface area (Å²) < 4.78 is 10.8. The fourth-order valence-electron chi connectivity index (χ4n) is 3.93. The molecule has 1 amide bonds. The zero-order valence-corrected chi connectivity index (χ0v) is 18.4. The highest BCUT2D eigenvalue weighted by Gasteiger charge is 2.42. The summed E-state index contributed by atoms with van der Waals surface area (Å²) in [4.78, 5) is 25.7. The van der Waals surface area contributed by atoms with E-state index in [9.17, 15) is 9.59 Å². The van der Waals surface area contributed by atoms with Gasteiger partial charge in [0.1, 0.15) is 11.3 Å².